The number of ketones is 1. The maximum Gasteiger partial charge on any atom is 0.229 e. The molecule has 0 bridgehead atoms. The summed E-state index contributed by atoms with van der Waals surface area (Å²) in [6.07, 6.45) is 2.44. The van der Waals surface area contributed by atoms with Gasteiger partial charge in [-0.3, -0.25) is 4.79 Å². The van der Waals surface area contributed by atoms with Gasteiger partial charge in [0.25, 0.3) is 0 Å². The van der Waals surface area contributed by atoms with E-state index in [1.165, 1.54) is 11.3 Å². The van der Waals surface area contributed by atoms with Crippen LogP contribution in [0.15, 0.2) is 33.3 Å². The third kappa shape index (κ3) is 2.76. The van der Waals surface area contributed by atoms with Crippen LogP contribution in [0, 0.1) is 5.41 Å². The number of allylic oxidation sites excluding steroid dienone is 2. The quantitative estimate of drug-likeness (QED) is 0.818. The summed E-state index contributed by atoms with van der Waals surface area (Å²) in [6, 6.07) is 0. The molecule has 90 valence electrons. The lowest BCUT2D eigenvalue weighted by Crippen LogP contribution is -2.25. The number of aliphatic hydroxyl groups excluding tert-OH is 1. The smallest absolute Gasteiger partial charge is 0.229 e. The average Bonchev–Trinajstić information content (AvgIpc) is 2.67. The molecule has 1 aromatic rings. The standard InChI is InChI=1S/C11H13N3O2S/c1-11(2)5-7(15)9(8(16)6-11)13-14-10-12-3-4-17-10/h3-4,15H,5-6H2,1-2H3. The Bertz CT molecular complexity index is 489. The second kappa shape index (κ2) is 4.37. The summed E-state index contributed by atoms with van der Waals surface area (Å²) in [5, 5.41) is 19.7. The maximum absolute atomic E-state index is 11.8. The molecular formula is C11H13N3O2S. The van der Waals surface area contributed by atoms with Crippen molar-refractivity contribution >= 4 is 22.3 Å². The van der Waals surface area contributed by atoms with Crippen LogP contribution in [-0.4, -0.2) is 15.9 Å². The van der Waals surface area contributed by atoms with E-state index in [2.05, 4.69) is 15.2 Å². The molecule has 1 aliphatic carbocycles. The van der Waals surface area contributed by atoms with Gasteiger partial charge in [0.1, 0.15) is 5.76 Å². The van der Waals surface area contributed by atoms with Gasteiger partial charge in [-0.1, -0.05) is 13.8 Å². The largest absolute Gasteiger partial charge is 0.510 e. The molecule has 1 heterocycles. The first-order valence-electron chi connectivity index (χ1n) is 5.24. The lowest BCUT2D eigenvalue weighted by Gasteiger charge is -2.27. The number of aliphatic hydroxyl groups is 1. The molecule has 2 rings (SSSR count). The normalized spacial score (nSPS) is 20.2. The third-order valence-corrected chi connectivity index (χ3v) is 3.13. The van der Waals surface area contributed by atoms with Gasteiger partial charge in [-0.2, -0.15) is 0 Å². The van der Waals surface area contributed by atoms with Gasteiger partial charge in [-0.05, 0) is 5.41 Å². The minimum atomic E-state index is -0.207. The van der Waals surface area contributed by atoms with Gasteiger partial charge in [-0.15, -0.1) is 21.6 Å². The summed E-state index contributed by atoms with van der Waals surface area (Å²) in [7, 11) is 0. The molecule has 0 fully saturated rings. The zero-order chi connectivity index (χ0) is 12.5. The SMILES string of the molecule is CC1(C)CC(=O)C(N=Nc2nccs2)=C(O)C1. The Hall–Kier alpha value is -1.56. The highest BCUT2D eigenvalue weighted by atomic mass is 32.1. The van der Waals surface area contributed by atoms with Crippen LogP contribution in [0.1, 0.15) is 26.7 Å². The first-order chi connectivity index (χ1) is 7.98. The lowest BCUT2D eigenvalue weighted by molar-refractivity contribution is -0.118. The molecule has 1 aromatic heterocycles. The summed E-state index contributed by atoms with van der Waals surface area (Å²) in [6.45, 7) is 3.88. The molecule has 0 aliphatic heterocycles. The molecule has 0 saturated carbocycles. The summed E-state index contributed by atoms with van der Waals surface area (Å²) in [5.41, 5.74) is -0.138. The zero-order valence-electron chi connectivity index (χ0n) is 9.67. The first-order valence-corrected chi connectivity index (χ1v) is 6.12. The lowest BCUT2D eigenvalue weighted by atomic mass is 9.78. The molecule has 6 heteroatoms. The van der Waals surface area contributed by atoms with Crippen LogP contribution < -0.4 is 0 Å². The summed E-state index contributed by atoms with van der Waals surface area (Å²) < 4.78 is 0. The number of aromatic nitrogens is 1. The van der Waals surface area contributed by atoms with Crippen LogP contribution in [0.4, 0.5) is 5.13 Å². The number of hydrogen-bond acceptors (Lipinski definition) is 6. The predicted molar refractivity (Wildman–Crippen MR) is 64.3 cm³/mol. The summed E-state index contributed by atoms with van der Waals surface area (Å²) in [4.78, 5) is 15.7. The zero-order valence-corrected chi connectivity index (χ0v) is 10.5. The van der Waals surface area contributed by atoms with Gasteiger partial charge < -0.3 is 5.11 Å². The Balaban J connectivity index is 2.23. The molecule has 1 N–H and O–H groups in total. The van der Waals surface area contributed by atoms with E-state index >= 15 is 0 Å². The molecule has 0 saturated heterocycles. The fraction of sp³-hybridized carbons (Fsp3) is 0.455. The Kier molecular flexibility index (Phi) is 3.06. The Morgan fingerprint density at radius 2 is 2.18 bits per heavy atom. The van der Waals surface area contributed by atoms with Crippen molar-refractivity contribution < 1.29 is 9.90 Å². The highest BCUT2D eigenvalue weighted by Crippen LogP contribution is 2.36. The highest BCUT2D eigenvalue weighted by Gasteiger charge is 2.33. The molecule has 0 spiro atoms. The van der Waals surface area contributed by atoms with Gasteiger partial charge in [-0.25, -0.2) is 4.98 Å². The fourth-order valence-corrected chi connectivity index (χ4v) is 2.20. The molecule has 0 aromatic carbocycles. The number of azo groups is 1. The van der Waals surface area contributed by atoms with E-state index in [4.69, 9.17) is 0 Å². The van der Waals surface area contributed by atoms with Crippen LogP contribution in [-0.2, 0) is 4.79 Å². The molecule has 0 unspecified atom stereocenters. The van der Waals surface area contributed by atoms with Crippen molar-refractivity contribution in [2.45, 2.75) is 26.7 Å². The molecule has 0 radical (unpaired) electrons. The molecular weight excluding hydrogens is 238 g/mol. The van der Waals surface area contributed by atoms with Crippen LogP contribution in [0.25, 0.3) is 0 Å². The van der Waals surface area contributed by atoms with Crippen LogP contribution in [0.2, 0.25) is 0 Å². The van der Waals surface area contributed by atoms with Crippen LogP contribution in [0.3, 0.4) is 0 Å². The average molecular weight is 251 g/mol. The van der Waals surface area contributed by atoms with Gasteiger partial charge in [0.2, 0.25) is 5.13 Å². The van der Waals surface area contributed by atoms with Crippen molar-refractivity contribution in [3.8, 4) is 0 Å². The second-order valence-electron chi connectivity index (χ2n) is 4.75. The van der Waals surface area contributed by atoms with Crippen molar-refractivity contribution in [1.82, 2.24) is 4.98 Å². The van der Waals surface area contributed by atoms with Crippen molar-refractivity contribution in [2.75, 3.05) is 0 Å². The number of carbonyl (C=O) groups excluding carboxylic acids is 1. The van der Waals surface area contributed by atoms with Gasteiger partial charge in [0.15, 0.2) is 11.5 Å². The van der Waals surface area contributed by atoms with Crippen LogP contribution in [0.5, 0.6) is 0 Å². The van der Waals surface area contributed by atoms with Gasteiger partial charge >= 0.3 is 0 Å². The van der Waals surface area contributed by atoms with E-state index < -0.39 is 0 Å². The molecule has 0 atom stereocenters. The molecule has 1 aliphatic rings. The Labute approximate surface area is 103 Å². The van der Waals surface area contributed by atoms with Crippen molar-refractivity contribution in [1.29, 1.82) is 0 Å². The van der Waals surface area contributed by atoms with Gasteiger partial charge in [0, 0.05) is 24.4 Å². The topological polar surface area (TPSA) is 74.9 Å². The number of carbonyl (C=O) groups is 1. The predicted octanol–water partition coefficient (Wildman–Crippen LogP) is 3.39. The highest BCUT2D eigenvalue weighted by molar-refractivity contribution is 7.13. The molecule has 5 nitrogen and oxygen atoms in total. The number of hydrogen-bond donors (Lipinski definition) is 1. The minimum absolute atomic E-state index is 0.0200. The Morgan fingerprint density at radius 1 is 1.41 bits per heavy atom. The van der Waals surface area contributed by atoms with E-state index in [-0.39, 0.29) is 22.7 Å². The molecule has 0 amide bonds. The van der Waals surface area contributed by atoms with E-state index in [1.807, 2.05) is 13.8 Å². The summed E-state index contributed by atoms with van der Waals surface area (Å²) in [5.74, 6) is -0.148. The number of thiazole rings is 1. The van der Waals surface area contributed by atoms with Crippen LogP contribution >= 0.6 is 11.3 Å². The van der Waals surface area contributed by atoms with Gasteiger partial charge in [0.05, 0.1) is 0 Å². The van der Waals surface area contributed by atoms with E-state index in [9.17, 15) is 9.90 Å². The van der Waals surface area contributed by atoms with E-state index in [1.54, 1.807) is 11.6 Å². The van der Waals surface area contributed by atoms with E-state index in [0.29, 0.717) is 18.0 Å². The number of Topliss-reactive ketones (excluding diaryl/α,β-unsaturated/α-hetero) is 1. The first kappa shape index (κ1) is 11.9. The minimum Gasteiger partial charge on any atom is -0.510 e. The Morgan fingerprint density at radius 3 is 2.76 bits per heavy atom. The third-order valence-electron chi connectivity index (χ3n) is 2.48. The van der Waals surface area contributed by atoms with E-state index in [0.717, 1.165) is 0 Å². The summed E-state index contributed by atoms with van der Waals surface area (Å²) >= 11 is 1.33. The fourth-order valence-electron chi connectivity index (χ4n) is 1.75. The van der Waals surface area contributed by atoms with Crippen molar-refractivity contribution in [2.24, 2.45) is 15.6 Å². The maximum atomic E-state index is 11.8. The monoisotopic (exact) mass is 251 g/mol. The molecule has 17 heavy (non-hydrogen) atoms. The number of nitrogens with zero attached hydrogens (tertiary/aromatic N) is 3. The number of rotatable bonds is 2. The second-order valence-corrected chi connectivity index (χ2v) is 5.62. The van der Waals surface area contributed by atoms with Crippen molar-refractivity contribution in [3.05, 3.63) is 23.0 Å². The van der Waals surface area contributed by atoms with Crippen molar-refractivity contribution in [3.63, 3.8) is 0 Å².